The highest BCUT2D eigenvalue weighted by molar-refractivity contribution is 6.03. The number of hydrogen-bond acceptors (Lipinski definition) is 3. The Hall–Kier alpha value is -2.82. The lowest BCUT2D eigenvalue weighted by atomic mass is 10.1. The van der Waals surface area contributed by atoms with Gasteiger partial charge in [0.2, 0.25) is 11.8 Å². The van der Waals surface area contributed by atoms with Crippen LogP contribution in [0.25, 0.3) is 0 Å². The van der Waals surface area contributed by atoms with Crippen molar-refractivity contribution in [3.8, 4) is 5.75 Å². The van der Waals surface area contributed by atoms with E-state index in [1.165, 1.54) is 5.56 Å². The maximum Gasteiger partial charge on any atom is 0.228 e. The van der Waals surface area contributed by atoms with Gasteiger partial charge < -0.3 is 15.4 Å². The Morgan fingerprint density at radius 3 is 2.28 bits per heavy atom. The third-order valence-electron chi connectivity index (χ3n) is 4.46. The van der Waals surface area contributed by atoms with Gasteiger partial charge in [-0.25, -0.2) is 0 Å². The Morgan fingerprint density at radius 1 is 1.00 bits per heavy atom. The lowest BCUT2D eigenvalue weighted by Crippen LogP contribution is -2.20. The average Bonchev–Trinajstić information content (AvgIpc) is 3.44. The van der Waals surface area contributed by atoms with Crippen LogP contribution in [0, 0.1) is 11.8 Å². The molecule has 2 unspecified atom stereocenters. The molecular formula is C20H22N2O3. The number of hydrogen-bond donors (Lipinski definition) is 2. The second-order valence-corrected chi connectivity index (χ2v) is 6.18. The lowest BCUT2D eigenvalue weighted by Gasteiger charge is -2.10. The molecule has 5 nitrogen and oxygen atoms in total. The second kappa shape index (κ2) is 7.38. The number of rotatable bonds is 6. The van der Waals surface area contributed by atoms with Gasteiger partial charge in [-0.15, -0.1) is 0 Å². The summed E-state index contributed by atoms with van der Waals surface area (Å²) in [6.07, 6.45) is 1.53. The first-order valence-corrected chi connectivity index (χ1v) is 8.46. The Balaban J connectivity index is 1.56. The highest BCUT2D eigenvalue weighted by Crippen LogP contribution is 2.40. The molecule has 1 saturated carbocycles. The van der Waals surface area contributed by atoms with Crippen molar-refractivity contribution in [2.45, 2.75) is 19.8 Å². The minimum Gasteiger partial charge on any atom is -0.495 e. The van der Waals surface area contributed by atoms with Crippen LogP contribution in [0.4, 0.5) is 11.4 Å². The molecule has 25 heavy (non-hydrogen) atoms. The molecule has 0 heterocycles. The van der Waals surface area contributed by atoms with Crippen molar-refractivity contribution in [2.75, 3.05) is 17.7 Å². The van der Waals surface area contributed by atoms with Crippen molar-refractivity contribution in [3.63, 3.8) is 0 Å². The predicted octanol–water partition coefficient (Wildman–Crippen LogP) is 3.47. The monoisotopic (exact) mass is 338 g/mol. The third-order valence-corrected chi connectivity index (χ3v) is 4.46. The zero-order chi connectivity index (χ0) is 17.8. The minimum absolute atomic E-state index is 0.107. The summed E-state index contributed by atoms with van der Waals surface area (Å²) >= 11 is 0. The van der Waals surface area contributed by atoms with Gasteiger partial charge in [-0.1, -0.05) is 31.2 Å². The molecule has 0 aliphatic heterocycles. The van der Waals surface area contributed by atoms with Crippen molar-refractivity contribution in [3.05, 3.63) is 54.1 Å². The number of methoxy groups -OCH3 is 1. The molecule has 2 amide bonds. The fourth-order valence-electron chi connectivity index (χ4n) is 2.81. The van der Waals surface area contributed by atoms with E-state index >= 15 is 0 Å². The normalized spacial score (nSPS) is 18.3. The maximum atomic E-state index is 12.3. The van der Waals surface area contributed by atoms with Gasteiger partial charge >= 0.3 is 0 Å². The molecule has 0 aromatic heterocycles. The van der Waals surface area contributed by atoms with E-state index in [2.05, 4.69) is 17.6 Å². The predicted molar refractivity (Wildman–Crippen MR) is 97.7 cm³/mol. The molecule has 3 rings (SSSR count). The van der Waals surface area contributed by atoms with Crippen LogP contribution >= 0.6 is 0 Å². The van der Waals surface area contributed by atoms with E-state index in [1.807, 2.05) is 36.4 Å². The standard InChI is InChI=1S/C20H22N2O3/c1-3-13-8-10-14(11-9-13)21-19(23)15-12-16(15)20(24)22-17-6-4-5-7-18(17)25-2/h4-11,15-16H,3,12H2,1-2H3,(H,21,23)(H,22,24). The van der Waals surface area contributed by atoms with Gasteiger partial charge in [-0.2, -0.15) is 0 Å². The smallest absolute Gasteiger partial charge is 0.228 e. The topological polar surface area (TPSA) is 67.4 Å². The summed E-state index contributed by atoms with van der Waals surface area (Å²) in [5.74, 6) is -0.218. The van der Waals surface area contributed by atoms with E-state index in [-0.39, 0.29) is 23.7 Å². The van der Waals surface area contributed by atoms with Crippen LogP contribution in [0.1, 0.15) is 18.9 Å². The zero-order valence-corrected chi connectivity index (χ0v) is 14.4. The molecule has 130 valence electrons. The molecule has 1 aliphatic rings. The Morgan fingerprint density at radius 2 is 1.64 bits per heavy atom. The van der Waals surface area contributed by atoms with E-state index < -0.39 is 0 Å². The first kappa shape index (κ1) is 17.0. The number of para-hydroxylation sites is 2. The van der Waals surface area contributed by atoms with Crippen molar-refractivity contribution in [2.24, 2.45) is 11.8 Å². The van der Waals surface area contributed by atoms with E-state index in [0.29, 0.717) is 17.9 Å². The molecule has 0 saturated heterocycles. The average molecular weight is 338 g/mol. The zero-order valence-electron chi connectivity index (χ0n) is 14.4. The summed E-state index contributed by atoms with van der Waals surface area (Å²) < 4.78 is 5.22. The molecule has 2 N–H and O–H groups in total. The summed E-state index contributed by atoms with van der Waals surface area (Å²) in [4.78, 5) is 24.7. The maximum absolute atomic E-state index is 12.3. The quantitative estimate of drug-likeness (QED) is 0.847. The van der Waals surface area contributed by atoms with Gasteiger partial charge in [0, 0.05) is 5.69 Å². The summed E-state index contributed by atoms with van der Waals surface area (Å²) in [6, 6.07) is 15.0. The third kappa shape index (κ3) is 3.99. The first-order valence-electron chi connectivity index (χ1n) is 8.46. The number of ether oxygens (including phenoxy) is 1. The Bertz CT molecular complexity index is 771. The van der Waals surface area contributed by atoms with Crippen LogP contribution in [0.5, 0.6) is 5.75 Å². The number of carbonyl (C=O) groups excluding carboxylic acids is 2. The largest absolute Gasteiger partial charge is 0.495 e. The van der Waals surface area contributed by atoms with Crippen LogP contribution in [0.2, 0.25) is 0 Å². The molecular weight excluding hydrogens is 316 g/mol. The van der Waals surface area contributed by atoms with Gasteiger partial charge in [-0.05, 0) is 42.7 Å². The van der Waals surface area contributed by atoms with Crippen molar-refractivity contribution >= 4 is 23.2 Å². The number of aryl methyl sites for hydroxylation is 1. The number of benzene rings is 2. The van der Waals surface area contributed by atoms with E-state index in [0.717, 1.165) is 12.1 Å². The molecule has 0 radical (unpaired) electrons. The number of nitrogens with one attached hydrogen (secondary N) is 2. The van der Waals surface area contributed by atoms with E-state index in [4.69, 9.17) is 4.74 Å². The molecule has 0 spiro atoms. The van der Waals surface area contributed by atoms with Crippen LogP contribution in [-0.4, -0.2) is 18.9 Å². The summed E-state index contributed by atoms with van der Waals surface area (Å²) in [6.45, 7) is 2.09. The number of carbonyl (C=O) groups is 2. The van der Waals surface area contributed by atoms with Crippen molar-refractivity contribution < 1.29 is 14.3 Å². The molecule has 2 atom stereocenters. The highest BCUT2D eigenvalue weighted by atomic mass is 16.5. The van der Waals surface area contributed by atoms with Gasteiger partial charge in [-0.3, -0.25) is 9.59 Å². The molecule has 0 bridgehead atoms. The molecule has 2 aromatic rings. The number of anilines is 2. The summed E-state index contributed by atoms with van der Waals surface area (Å²) in [5.41, 5.74) is 2.60. The minimum atomic E-state index is -0.292. The Labute approximate surface area is 147 Å². The van der Waals surface area contributed by atoms with Crippen LogP contribution in [0.3, 0.4) is 0 Å². The van der Waals surface area contributed by atoms with Gasteiger partial charge in [0.05, 0.1) is 24.6 Å². The van der Waals surface area contributed by atoms with Crippen molar-refractivity contribution in [1.82, 2.24) is 0 Å². The Kier molecular flexibility index (Phi) is 5.03. The molecule has 1 fully saturated rings. The SMILES string of the molecule is CCc1ccc(NC(=O)C2CC2C(=O)Nc2ccccc2OC)cc1. The van der Waals surface area contributed by atoms with Gasteiger partial charge in [0.1, 0.15) is 5.75 Å². The highest BCUT2D eigenvalue weighted by Gasteiger charge is 2.48. The fraction of sp³-hybridized carbons (Fsp3) is 0.300. The molecule has 5 heteroatoms. The molecule has 1 aliphatic carbocycles. The lowest BCUT2D eigenvalue weighted by molar-refractivity contribution is -0.122. The van der Waals surface area contributed by atoms with Crippen molar-refractivity contribution in [1.29, 1.82) is 0 Å². The fourth-order valence-corrected chi connectivity index (χ4v) is 2.81. The van der Waals surface area contributed by atoms with Gasteiger partial charge in [0.25, 0.3) is 0 Å². The van der Waals surface area contributed by atoms with Crippen LogP contribution in [0.15, 0.2) is 48.5 Å². The van der Waals surface area contributed by atoms with Gasteiger partial charge in [0.15, 0.2) is 0 Å². The summed E-state index contributed by atoms with van der Waals surface area (Å²) in [5, 5.41) is 5.73. The number of amides is 2. The van der Waals surface area contributed by atoms with Crippen LogP contribution in [-0.2, 0) is 16.0 Å². The van der Waals surface area contributed by atoms with Crippen LogP contribution < -0.4 is 15.4 Å². The summed E-state index contributed by atoms with van der Waals surface area (Å²) in [7, 11) is 1.56. The molecule has 2 aromatic carbocycles. The second-order valence-electron chi connectivity index (χ2n) is 6.18. The van der Waals surface area contributed by atoms with E-state index in [1.54, 1.807) is 19.2 Å². The van der Waals surface area contributed by atoms with E-state index in [9.17, 15) is 9.59 Å². The first-order chi connectivity index (χ1) is 12.1.